The Kier molecular flexibility index (Phi) is 8.71. The third-order valence-electron chi connectivity index (χ3n) is 6.94. The molecule has 4 rings (SSSR count). The molecule has 1 fully saturated rings. The summed E-state index contributed by atoms with van der Waals surface area (Å²) in [6, 6.07) is 17.3. The highest BCUT2D eigenvalue weighted by Gasteiger charge is 2.37. The van der Waals surface area contributed by atoms with E-state index in [1.54, 1.807) is 12.1 Å². The Morgan fingerprint density at radius 3 is 1.87 bits per heavy atom. The number of ketones is 2. The summed E-state index contributed by atoms with van der Waals surface area (Å²) in [5.41, 5.74) is 2.32. The number of rotatable bonds is 9. The Balaban J connectivity index is 1.43. The topological polar surface area (TPSA) is 71.5 Å². The van der Waals surface area contributed by atoms with Crippen molar-refractivity contribution in [1.29, 1.82) is 0 Å². The van der Waals surface area contributed by atoms with Gasteiger partial charge in [-0.15, -0.1) is 0 Å². The molecular weight excluding hydrogens is 527 g/mol. The number of benzene rings is 3. The van der Waals surface area contributed by atoms with Crippen molar-refractivity contribution in [2.75, 3.05) is 6.54 Å². The molecule has 3 aromatic carbocycles. The molecule has 0 unspecified atom stereocenters. The second-order valence-electron chi connectivity index (χ2n) is 9.99. The molecular formula is C30H30F3NO4S. The van der Waals surface area contributed by atoms with Crippen LogP contribution in [0.15, 0.2) is 77.7 Å². The number of aryl methyl sites for hydroxylation is 1. The number of alkyl halides is 3. The van der Waals surface area contributed by atoms with Gasteiger partial charge >= 0.3 is 6.18 Å². The molecule has 39 heavy (non-hydrogen) atoms. The minimum atomic E-state index is -4.47. The Hall–Kier alpha value is -3.30. The van der Waals surface area contributed by atoms with Crippen LogP contribution in [0.4, 0.5) is 13.2 Å². The van der Waals surface area contributed by atoms with Crippen molar-refractivity contribution in [1.82, 2.24) is 4.31 Å². The quantitative estimate of drug-likeness (QED) is 0.337. The third-order valence-corrected chi connectivity index (χ3v) is 8.86. The molecule has 3 aromatic rings. The van der Waals surface area contributed by atoms with Gasteiger partial charge in [-0.05, 0) is 60.7 Å². The summed E-state index contributed by atoms with van der Waals surface area (Å²) in [6.45, 7) is 2.16. The minimum absolute atomic E-state index is 0.0133. The van der Waals surface area contributed by atoms with E-state index in [4.69, 9.17) is 0 Å². The first-order valence-electron chi connectivity index (χ1n) is 12.8. The summed E-state index contributed by atoms with van der Waals surface area (Å²) in [5, 5.41) is 0. The number of hydrogen-bond donors (Lipinski definition) is 0. The number of piperidine rings is 1. The second kappa shape index (κ2) is 11.8. The molecule has 0 N–H and O–H groups in total. The maximum Gasteiger partial charge on any atom is 0.416 e. The van der Waals surface area contributed by atoms with Crippen molar-refractivity contribution >= 4 is 21.6 Å². The second-order valence-corrected chi connectivity index (χ2v) is 11.9. The molecule has 0 bridgehead atoms. The molecule has 0 amide bonds. The molecule has 1 aliphatic rings. The van der Waals surface area contributed by atoms with Gasteiger partial charge in [0.15, 0.2) is 5.78 Å². The molecule has 9 heteroatoms. The van der Waals surface area contributed by atoms with E-state index in [0.717, 1.165) is 23.3 Å². The van der Waals surface area contributed by atoms with Crippen LogP contribution < -0.4 is 0 Å². The van der Waals surface area contributed by atoms with Crippen molar-refractivity contribution in [3.05, 3.63) is 101 Å². The lowest BCUT2D eigenvalue weighted by Crippen LogP contribution is -2.48. The lowest BCUT2D eigenvalue weighted by Gasteiger charge is -2.33. The molecule has 0 radical (unpaired) electrons. The van der Waals surface area contributed by atoms with Gasteiger partial charge in [0.1, 0.15) is 5.78 Å². The SMILES string of the molecule is Cc1ccc(CC(=O)Cc2ccc(S(=O)(=O)N3CCCC[C@H]3C(=O)Cc3ccc(C(F)(F)F)cc3)cc2)cc1. The number of halogens is 3. The summed E-state index contributed by atoms with van der Waals surface area (Å²) in [7, 11) is -3.99. The Bertz CT molecular complexity index is 1420. The van der Waals surface area contributed by atoms with Crippen molar-refractivity contribution in [3.63, 3.8) is 0 Å². The van der Waals surface area contributed by atoms with Gasteiger partial charge in [0.25, 0.3) is 0 Å². The van der Waals surface area contributed by atoms with Crippen molar-refractivity contribution < 1.29 is 31.2 Å². The first-order valence-corrected chi connectivity index (χ1v) is 14.2. The number of nitrogens with zero attached hydrogens (tertiary/aromatic N) is 1. The van der Waals surface area contributed by atoms with Crippen LogP contribution in [0, 0.1) is 6.92 Å². The fourth-order valence-electron chi connectivity index (χ4n) is 4.78. The molecule has 1 atom stereocenters. The van der Waals surface area contributed by atoms with E-state index in [-0.39, 0.29) is 42.3 Å². The fourth-order valence-corrected chi connectivity index (χ4v) is 6.46. The lowest BCUT2D eigenvalue weighted by atomic mass is 9.96. The van der Waals surface area contributed by atoms with Gasteiger partial charge < -0.3 is 0 Å². The van der Waals surface area contributed by atoms with E-state index in [0.29, 0.717) is 30.4 Å². The molecule has 0 aromatic heterocycles. The number of sulfonamides is 1. The number of Topliss-reactive ketones (excluding diaryl/α,β-unsaturated/α-hetero) is 2. The van der Waals surface area contributed by atoms with E-state index < -0.39 is 27.8 Å². The molecule has 5 nitrogen and oxygen atoms in total. The predicted molar refractivity (Wildman–Crippen MR) is 142 cm³/mol. The monoisotopic (exact) mass is 557 g/mol. The highest BCUT2D eigenvalue weighted by molar-refractivity contribution is 7.89. The molecule has 1 aliphatic heterocycles. The van der Waals surface area contributed by atoms with Crippen LogP contribution in [0.1, 0.15) is 47.1 Å². The number of carbonyl (C=O) groups is 2. The van der Waals surface area contributed by atoms with Gasteiger partial charge in [0.05, 0.1) is 16.5 Å². The molecule has 1 saturated heterocycles. The smallest absolute Gasteiger partial charge is 0.299 e. The zero-order chi connectivity index (χ0) is 28.2. The van der Waals surface area contributed by atoms with E-state index in [2.05, 4.69) is 0 Å². The number of carbonyl (C=O) groups excluding carboxylic acids is 2. The van der Waals surface area contributed by atoms with Crippen LogP contribution in [0.5, 0.6) is 0 Å². The Morgan fingerprint density at radius 2 is 1.31 bits per heavy atom. The van der Waals surface area contributed by atoms with Crippen LogP contribution in [0.25, 0.3) is 0 Å². The first-order chi connectivity index (χ1) is 18.4. The van der Waals surface area contributed by atoms with Gasteiger partial charge in [-0.1, -0.05) is 60.5 Å². The maximum atomic E-state index is 13.5. The lowest BCUT2D eigenvalue weighted by molar-refractivity contribution is -0.137. The first kappa shape index (κ1) is 28.7. The third kappa shape index (κ3) is 7.22. The van der Waals surface area contributed by atoms with Gasteiger partial charge in [-0.25, -0.2) is 8.42 Å². The summed E-state index contributed by atoms with van der Waals surface area (Å²) in [6.07, 6.45) is -2.53. The summed E-state index contributed by atoms with van der Waals surface area (Å²) in [4.78, 5) is 25.7. The van der Waals surface area contributed by atoms with Crippen molar-refractivity contribution in [2.45, 2.75) is 62.6 Å². The Labute approximate surface area is 226 Å². The summed E-state index contributed by atoms with van der Waals surface area (Å²) < 4.78 is 66.7. The predicted octanol–water partition coefficient (Wildman–Crippen LogP) is 5.72. The van der Waals surface area contributed by atoms with E-state index in [1.165, 1.54) is 28.6 Å². The van der Waals surface area contributed by atoms with Crippen LogP contribution in [-0.4, -0.2) is 36.9 Å². The van der Waals surface area contributed by atoms with E-state index >= 15 is 0 Å². The van der Waals surface area contributed by atoms with E-state index in [1.807, 2.05) is 31.2 Å². The van der Waals surface area contributed by atoms with Crippen LogP contribution in [-0.2, 0) is 45.1 Å². The standard InChI is InChI=1S/C30H30F3NO4S/c1-21-5-7-22(8-6-21)18-26(35)19-23-11-15-27(16-12-23)39(37,38)34-17-3-2-4-28(34)29(36)20-24-9-13-25(14-10-24)30(31,32)33/h5-16,28H,2-4,17-20H2,1H3/t28-/m0/s1. The van der Waals surface area contributed by atoms with Crippen molar-refractivity contribution in [3.8, 4) is 0 Å². The van der Waals surface area contributed by atoms with Crippen molar-refractivity contribution in [2.24, 2.45) is 0 Å². The Morgan fingerprint density at radius 1 is 0.795 bits per heavy atom. The van der Waals surface area contributed by atoms with Gasteiger partial charge in [-0.2, -0.15) is 17.5 Å². The van der Waals surface area contributed by atoms with Gasteiger partial charge in [0, 0.05) is 25.8 Å². The van der Waals surface area contributed by atoms with Crippen LogP contribution >= 0.6 is 0 Å². The fraction of sp³-hybridized carbons (Fsp3) is 0.333. The highest BCUT2D eigenvalue weighted by Crippen LogP contribution is 2.30. The zero-order valence-corrected chi connectivity index (χ0v) is 22.4. The molecule has 206 valence electrons. The van der Waals surface area contributed by atoms with E-state index in [9.17, 15) is 31.2 Å². The van der Waals surface area contributed by atoms with Gasteiger partial charge in [0.2, 0.25) is 10.0 Å². The zero-order valence-electron chi connectivity index (χ0n) is 21.6. The highest BCUT2D eigenvalue weighted by atomic mass is 32.2. The number of hydrogen-bond acceptors (Lipinski definition) is 4. The van der Waals surface area contributed by atoms with Crippen LogP contribution in [0.3, 0.4) is 0 Å². The van der Waals surface area contributed by atoms with Gasteiger partial charge in [-0.3, -0.25) is 9.59 Å². The molecule has 0 aliphatic carbocycles. The maximum absolute atomic E-state index is 13.5. The summed E-state index contributed by atoms with van der Waals surface area (Å²) in [5.74, 6) is -0.337. The summed E-state index contributed by atoms with van der Waals surface area (Å²) >= 11 is 0. The average molecular weight is 558 g/mol. The van der Waals surface area contributed by atoms with Crippen LogP contribution in [0.2, 0.25) is 0 Å². The minimum Gasteiger partial charge on any atom is -0.299 e. The molecule has 0 saturated carbocycles. The average Bonchev–Trinajstić information content (AvgIpc) is 2.90. The normalized spacial score (nSPS) is 16.7. The largest absolute Gasteiger partial charge is 0.416 e. The molecule has 0 spiro atoms. The molecule has 1 heterocycles.